The van der Waals surface area contributed by atoms with Crippen molar-refractivity contribution >= 4 is 33.4 Å². The molecule has 0 fully saturated rings. The van der Waals surface area contributed by atoms with E-state index < -0.39 is 28.0 Å². The minimum atomic E-state index is -3.44. The van der Waals surface area contributed by atoms with Gasteiger partial charge >= 0.3 is 5.97 Å². The molecule has 0 saturated carbocycles. The Hall–Kier alpha value is -3.66. The average Bonchev–Trinajstić information content (AvgIpc) is 3.32. The fraction of sp³-hybridized carbons (Fsp3) is 0.261. The van der Waals surface area contributed by atoms with Crippen molar-refractivity contribution in [3.63, 3.8) is 0 Å². The van der Waals surface area contributed by atoms with E-state index in [9.17, 15) is 18.0 Å². The maximum atomic E-state index is 13.0. The Bertz CT molecular complexity index is 1300. The predicted molar refractivity (Wildman–Crippen MR) is 121 cm³/mol. The lowest BCUT2D eigenvalue weighted by atomic mass is 10.1. The van der Waals surface area contributed by atoms with Gasteiger partial charge in [-0.25, -0.2) is 13.2 Å². The highest BCUT2D eigenvalue weighted by atomic mass is 32.2. The minimum Gasteiger partial charge on any atom is -0.444 e. The summed E-state index contributed by atoms with van der Waals surface area (Å²) in [6, 6.07) is 14.6. The summed E-state index contributed by atoms with van der Waals surface area (Å²) in [5.74, 6) is -0.555. The number of rotatable bonds is 6. The second-order valence-electron chi connectivity index (χ2n) is 7.96. The molecule has 1 aliphatic heterocycles. The molecule has 10 heteroatoms. The van der Waals surface area contributed by atoms with Crippen LogP contribution in [0.25, 0.3) is 0 Å². The molecule has 1 amide bonds. The van der Waals surface area contributed by atoms with Crippen LogP contribution in [0.15, 0.2) is 59.1 Å². The molecule has 1 aromatic heterocycles. The number of sulfonamides is 1. The minimum absolute atomic E-state index is 0.210. The molecule has 0 saturated heterocycles. The van der Waals surface area contributed by atoms with Gasteiger partial charge in [0.1, 0.15) is 5.76 Å². The maximum absolute atomic E-state index is 13.0. The van der Waals surface area contributed by atoms with Crippen molar-refractivity contribution in [1.29, 1.82) is 0 Å². The van der Waals surface area contributed by atoms with Crippen molar-refractivity contribution in [2.45, 2.75) is 32.4 Å². The van der Waals surface area contributed by atoms with Gasteiger partial charge in [-0.3, -0.25) is 9.10 Å². The van der Waals surface area contributed by atoms with E-state index in [-0.39, 0.29) is 17.4 Å². The fourth-order valence-electron chi connectivity index (χ4n) is 3.93. The third-order valence-electron chi connectivity index (χ3n) is 5.27. The number of anilines is 2. The number of aryl methyl sites for hydroxylation is 1. The number of nitrogens with one attached hydrogen (secondary N) is 1. The summed E-state index contributed by atoms with van der Waals surface area (Å²) in [6.45, 7) is 3.50. The molecule has 0 aliphatic carbocycles. The Kier molecular flexibility index (Phi) is 5.94. The summed E-state index contributed by atoms with van der Waals surface area (Å²) in [5, 5.41) is 6.33. The molecule has 0 unspecified atom stereocenters. The average molecular weight is 470 g/mol. The van der Waals surface area contributed by atoms with Crippen LogP contribution in [0.5, 0.6) is 0 Å². The fourth-order valence-corrected chi connectivity index (χ4v) is 5.19. The van der Waals surface area contributed by atoms with Crippen molar-refractivity contribution in [1.82, 2.24) is 5.16 Å². The van der Waals surface area contributed by atoms with Gasteiger partial charge in [0.25, 0.3) is 5.91 Å². The number of aromatic nitrogens is 1. The van der Waals surface area contributed by atoms with E-state index in [1.54, 1.807) is 62.4 Å². The van der Waals surface area contributed by atoms with Gasteiger partial charge in [0, 0.05) is 17.7 Å². The zero-order valence-electron chi connectivity index (χ0n) is 18.3. The molecular formula is C23H23N3O6S. The van der Waals surface area contributed by atoms with Crippen molar-refractivity contribution in [3.8, 4) is 0 Å². The van der Waals surface area contributed by atoms with E-state index in [0.29, 0.717) is 23.4 Å². The Balaban J connectivity index is 1.59. The van der Waals surface area contributed by atoms with Crippen LogP contribution in [0.3, 0.4) is 0 Å². The lowest BCUT2D eigenvalue weighted by Crippen LogP contribution is -2.34. The van der Waals surface area contributed by atoms with Crippen LogP contribution >= 0.6 is 0 Å². The van der Waals surface area contributed by atoms with Gasteiger partial charge in [0.2, 0.25) is 16.1 Å². The molecule has 4 rings (SSSR count). The summed E-state index contributed by atoms with van der Waals surface area (Å²) in [7, 11) is -3.44. The SMILES string of the molecule is Cc1cc(NC(=O)[C@H](OC(=O)c2ccc3c(c2)C[C@@H](C)N3S(C)(=O)=O)c2ccccc2)no1. The first-order chi connectivity index (χ1) is 15.6. The molecule has 2 heterocycles. The number of carbonyl (C=O) groups is 2. The van der Waals surface area contributed by atoms with E-state index in [1.807, 2.05) is 0 Å². The molecule has 2 aromatic carbocycles. The van der Waals surface area contributed by atoms with Crippen molar-refractivity contribution in [2.75, 3.05) is 15.9 Å². The number of carbonyl (C=O) groups excluding carboxylic acids is 2. The van der Waals surface area contributed by atoms with Crippen LogP contribution < -0.4 is 9.62 Å². The van der Waals surface area contributed by atoms with Crippen LogP contribution in [0.1, 0.15) is 40.3 Å². The van der Waals surface area contributed by atoms with E-state index in [1.165, 1.54) is 10.4 Å². The normalized spacial score (nSPS) is 16.2. The summed E-state index contributed by atoms with van der Waals surface area (Å²) in [6.07, 6.45) is 0.396. The van der Waals surface area contributed by atoms with E-state index in [0.717, 1.165) is 11.8 Å². The summed E-state index contributed by atoms with van der Waals surface area (Å²) in [4.78, 5) is 25.9. The first-order valence-electron chi connectivity index (χ1n) is 10.3. The van der Waals surface area contributed by atoms with Gasteiger partial charge < -0.3 is 14.6 Å². The molecule has 33 heavy (non-hydrogen) atoms. The van der Waals surface area contributed by atoms with E-state index >= 15 is 0 Å². The van der Waals surface area contributed by atoms with E-state index in [4.69, 9.17) is 9.26 Å². The summed E-state index contributed by atoms with van der Waals surface area (Å²) in [5.41, 5.74) is 1.98. The largest absolute Gasteiger partial charge is 0.444 e. The van der Waals surface area contributed by atoms with Crippen LogP contribution in [0, 0.1) is 6.92 Å². The molecule has 0 radical (unpaired) electrons. The molecule has 0 spiro atoms. The Morgan fingerprint density at radius 2 is 1.91 bits per heavy atom. The molecular weight excluding hydrogens is 446 g/mol. The number of hydrogen-bond acceptors (Lipinski definition) is 7. The molecule has 3 aromatic rings. The number of nitrogens with zero attached hydrogens (tertiary/aromatic N) is 2. The van der Waals surface area contributed by atoms with Gasteiger partial charge in [-0.1, -0.05) is 35.5 Å². The second-order valence-corrected chi connectivity index (χ2v) is 9.82. The van der Waals surface area contributed by atoms with Crippen LogP contribution in [-0.4, -0.2) is 37.7 Å². The third-order valence-corrected chi connectivity index (χ3v) is 6.54. The van der Waals surface area contributed by atoms with Crippen molar-refractivity contribution in [2.24, 2.45) is 0 Å². The summed E-state index contributed by atoms with van der Waals surface area (Å²) >= 11 is 0. The Morgan fingerprint density at radius 3 is 2.55 bits per heavy atom. The highest BCUT2D eigenvalue weighted by Gasteiger charge is 2.33. The van der Waals surface area contributed by atoms with Crippen molar-refractivity contribution in [3.05, 3.63) is 77.0 Å². The summed E-state index contributed by atoms with van der Waals surface area (Å²) < 4.78 is 36.2. The van der Waals surface area contributed by atoms with Gasteiger partial charge in [0.05, 0.1) is 17.5 Å². The zero-order valence-corrected chi connectivity index (χ0v) is 19.1. The second kappa shape index (κ2) is 8.70. The van der Waals surface area contributed by atoms with Crippen molar-refractivity contribution < 1.29 is 27.3 Å². The number of hydrogen-bond donors (Lipinski definition) is 1. The first kappa shape index (κ1) is 22.5. The van der Waals surface area contributed by atoms with Gasteiger partial charge in [-0.05, 0) is 44.0 Å². The number of benzene rings is 2. The third kappa shape index (κ3) is 4.75. The highest BCUT2D eigenvalue weighted by molar-refractivity contribution is 7.92. The predicted octanol–water partition coefficient (Wildman–Crippen LogP) is 3.23. The number of amides is 1. The smallest absolute Gasteiger partial charge is 0.339 e. The van der Waals surface area contributed by atoms with Gasteiger partial charge in [-0.2, -0.15) is 0 Å². The van der Waals surface area contributed by atoms with Crippen LogP contribution in [0.4, 0.5) is 11.5 Å². The maximum Gasteiger partial charge on any atom is 0.339 e. The molecule has 1 aliphatic rings. The Morgan fingerprint density at radius 1 is 1.18 bits per heavy atom. The monoisotopic (exact) mass is 469 g/mol. The number of esters is 1. The Labute approximate surface area is 191 Å². The topological polar surface area (TPSA) is 119 Å². The number of ether oxygens (including phenoxy) is 1. The number of fused-ring (bicyclic) bond motifs is 1. The molecule has 9 nitrogen and oxygen atoms in total. The zero-order chi connectivity index (χ0) is 23.8. The van der Waals surface area contributed by atoms with Crippen LogP contribution in [0.2, 0.25) is 0 Å². The van der Waals surface area contributed by atoms with Gasteiger partial charge in [0.15, 0.2) is 5.82 Å². The first-order valence-corrected chi connectivity index (χ1v) is 12.1. The molecule has 1 N–H and O–H groups in total. The standard InChI is InChI=1S/C23H23N3O6S/c1-14-11-18-13-17(9-10-19(18)26(14)33(3,29)30)23(28)31-21(16-7-5-4-6-8-16)22(27)24-20-12-15(2)32-25-20/h4-10,12-14,21H,11H2,1-3H3,(H,24,25,27)/t14-,21-/m1/s1. The molecule has 2 atom stereocenters. The quantitative estimate of drug-likeness (QED) is 0.551. The van der Waals surface area contributed by atoms with Crippen LogP contribution in [-0.2, 0) is 26.0 Å². The van der Waals surface area contributed by atoms with Gasteiger partial charge in [-0.15, -0.1) is 0 Å². The lowest BCUT2D eigenvalue weighted by molar-refractivity contribution is -0.125. The molecule has 172 valence electrons. The lowest BCUT2D eigenvalue weighted by Gasteiger charge is -2.22. The molecule has 0 bridgehead atoms. The highest BCUT2D eigenvalue weighted by Crippen LogP contribution is 2.35. The van der Waals surface area contributed by atoms with E-state index in [2.05, 4.69) is 10.5 Å².